The van der Waals surface area contributed by atoms with E-state index in [0.29, 0.717) is 30.1 Å². The fourth-order valence-electron chi connectivity index (χ4n) is 3.18. The van der Waals surface area contributed by atoms with E-state index in [4.69, 9.17) is 9.74 Å². The van der Waals surface area contributed by atoms with Crippen LogP contribution in [-0.4, -0.2) is 46.6 Å². The topological polar surface area (TPSA) is 118 Å². The third-order valence-corrected chi connectivity index (χ3v) is 4.32. The van der Waals surface area contributed by atoms with Crippen molar-refractivity contribution in [3.05, 3.63) is 16.2 Å². The van der Waals surface area contributed by atoms with Crippen molar-refractivity contribution in [1.29, 1.82) is 0 Å². The highest BCUT2D eigenvalue weighted by atomic mass is 16.6. The van der Waals surface area contributed by atoms with E-state index in [-0.39, 0.29) is 17.8 Å². The third kappa shape index (κ3) is 3.12. The molecule has 0 spiro atoms. The number of nitrogens with one attached hydrogen (secondary N) is 1. The number of benzene rings is 1. The number of anilines is 2. The zero-order chi connectivity index (χ0) is 17.1. The van der Waals surface area contributed by atoms with Crippen LogP contribution in [0.15, 0.2) is 10.7 Å². The third-order valence-electron chi connectivity index (χ3n) is 4.32. The molecule has 1 aromatic carbocycles. The highest BCUT2D eigenvalue weighted by Crippen LogP contribution is 2.39. The van der Waals surface area contributed by atoms with E-state index in [1.807, 2.05) is 0 Å². The predicted octanol–water partition coefficient (Wildman–Crippen LogP) is 2.16. The lowest BCUT2D eigenvalue weighted by molar-refractivity contribution is -0.382. The summed E-state index contributed by atoms with van der Waals surface area (Å²) in [5.74, 6) is 0.551. The Bertz CT molecular complexity index is 732. The van der Waals surface area contributed by atoms with Crippen molar-refractivity contribution in [3.8, 4) is 0 Å². The van der Waals surface area contributed by atoms with E-state index in [1.165, 1.54) is 6.42 Å². The van der Waals surface area contributed by atoms with Crippen molar-refractivity contribution in [2.75, 3.05) is 36.5 Å². The number of nitro benzene ring substituents is 1. The zero-order valence-corrected chi connectivity index (χ0v) is 13.6. The molecule has 0 saturated carbocycles. The number of fused-ring (bicyclic) bond motifs is 1. The number of nitrogens with zero attached hydrogens (tertiary/aromatic N) is 4. The second kappa shape index (κ2) is 7.00. The Morgan fingerprint density at radius 1 is 1.50 bits per heavy atom. The Hall–Kier alpha value is -2.42. The molecule has 1 aromatic heterocycles. The molecule has 1 fully saturated rings. The lowest BCUT2D eigenvalue weighted by Crippen LogP contribution is -2.34. The first-order valence-corrected chi connectivity index (χ1v) is 8.15. The molecule has 0 amide bonds. The Balaban J connectivity index is 2.06. The summed E-state index contributed by atoms with van der Waals surface area (Å²) in [5, 5.41) is 31.1. The summed E-state index contributed by atoms with van der Waals surface area (Å²) in [7, 11) is 0. The van der Waals surface area contributed by atoms with Gasteiger partial charge >= 0.3 is 5.69 Å². The Morgan fingerprint density at radius 3 is 3.00 bits per heavy atom. The first-order valence-electron chi connectivity index (χ1n) is 8.15. The van der Waals surface area contributed by atoms with Crippen molar-refractivity contribution >= 4 is 28.1 Å². The van der Waals surface area contributed by atoms with Crippen LogP contribution < -0.4 is 10.2 Å². The summed E-state index contributed by atoms with van der Waals surface area (Å²) in [6, 6.07) is 1.75. The number of hydrogen-bond acceptors (Lipinski definition) is 8. The van der Waals surface area contributed by atoms with E-state index >= 15 is 0 Å². The minimum absolute atomic E-state index is 0.0189. The van der Waals surface area contributed by atoms with Gasteiger partial charge in [0.25, 0.3) is 0 Å². The summed E-state index contributed by atoms with van der Waals surface area (Å²) >= 11 is 0. The fraction of sp³-hybridized carbons (Fsp3) is 0.600. The molecule has 1 aliphatic heterocycles. The van der Waals surface area contributed by atoms with Crippen LogP contribution in [-0.2, 0) is 0 Å². The lowest BCUT2D eigenvalue weighted by atomic mass is 9.99. The minimum atomic E-state index is -0.476. The van der Waals surface area contributed by atoms with E-state index in [9.17, 15) is 10.1 Å². The smallest absolute Gasteiger partial charge is 0.323 e. The van der Waals surface area contributed by atoms with Crippen molar-refractivity contribution < 1.29 is 14.7 Å². The monoisotopic (exact) mass is 335 g/mol. The summed E-state index contributed by atoms with van der Waals surface area (Å²) in [6.07, 6.45) is 2.74. The van der Waals surface area contributed by atoms with E-state index in [0.717, 1.165) is 25.2 Å². The normalized spacial score (nSPS) is 18.1. The maximum absolute atomic E-state index is 11.5. The fourth-order valence-corrected chi connectivity index (χ4v) is 3.18. The van der Waals surface area contributed by atoms with Gasteiger partial charge in [-0.3, -0.25) is 10.1 Å². The number of hydrogen-bond donors (Lipinski definition) is 2. The molecule has 0 unspecified atom stereocenters. The first kappa shape index (κ1) is 16.4. The number of piperidine rings is 1. The number of aromatic nitrogens is 2. The lowest BCUT2D eigenvalue weighted by Gasteiger charge is -2.32. The minimum Gasteiger partial charge on any atom is -0.396 e. The second-order valence-electron chi connectivity index (χ2n) is 6.21. The van der Waals surface area contributed by atoms with Crippen LogP contribution in [0.1, 0.15) is 26.2 Å². The average molecular weight is 335 g/mol. The molecule has 130 valence electrons. The molecular weight excluding hydrogens is 314 g/mol. The highest BCUT2D eigenvalue weighted by molar-refractivity contribution is 5.99. The maximum Gasteiger partial charge on any atom is 0.323 e. The van der Waals surface area contributed by atoms with E-state index in [2.05, 4.69) is 27.5 Å². The highest BCUT2D eigenvalue weighted by Gasteiger charge is 2.29. The van der Waals surface area contributed by atoms with Gasteiger partial charge in [0.2, 0.25) is 5.52 Å². The molecule has 0 radical (unpaired) electrons. The van der Waals surface area contributed by atoms with Crippen LogP contribution in [0, 0.1) is 16.0 Å². The van der Waals surface area contributed by atoms with Gasteiger partial charge in [-0.15, -0.1) is 0 Å². The van der Waals surface area contributed by atoms with Crippen molar-refractivity contribution in [2.45, 2.75) is 26.2 Å². The van der Waals surface area contributed by atoms with Gasteiger partial charge in [-0.1, -0.05) is 6.92 Å². The molecule has 3 rings (SSSR count). The van der Waals surface area contributed by atoms with Gasteiger partial charge in [0.05, 0.1) is 10.6 Å². The molecule has 1 aliphatic rings. The summed E-state index contributed by atoms with van der Waals surface area (Å²) in [5.41, 5.74) is 1.61. The van der Waals surface area contributed by atoms with E-state index in [1.54, 1.807) is 6.07 Å². The van der Waals surface area contributed by atoms with Gasteiger partial charge in [0.1, 0.15) is 5.69 Å². The van der Waals surface area contributed by atoms with Crippen molar-refractivity contribution in [2.24, 2.45) is 5.92 Å². The average Bonchev–Trinajstić information content (AvgIpc) is 3.03. The molecular formula is C15H21N5O4. The summed E-state index contributed by atoms with van der Waals surface area (Å²) in [4.78, 5) is 13.2. The predicted molar refractivity (Wildman–Crippen MR) is 89.3 cm³/mol. The summed E-state index contributed by atoms with van der Waals surface area (Å²) in [6.45, 7) is 4.39. The van der Waals surface area contributed by atoms with Gasteiger partial charge in [-0.05, 0) is 41.6 Å². The van der Waals surface area contributed by atoms with Crippen LogP contribution in [0.2, 0.25) is 0 Å². The molecule has 2 heterocycles. The quantitative estimate of drug-likeness (QED) is 0.468. The number of rotatable bonds is 6. The van der Waals surface area contributed by atoms with Crippen LogP contribution >= 0.6 is 0 Å². The van der Waals surface area contributed by atoms with Gasteiger partial charge in [0.15, 0.2) is 5.52 Å². The second-order valence-corrected chi connectivity index (χ2v) is 6.21. The maximum atomic E-state index is 11.5. The van der Waals surface area contributed by atoms with Crippen molar-refractivity contribution in [1.82, 2.24) is 10.3 Å². The Labute approximate surface area is 138 Å². The molecule has 2 N–H and O–H groups in total. The van der Waals surface area contributed by atoms with Gasteiger partial charge in [-0.25, -0.2) is 4.63 Å². The standard InChI is InChI=1S/C15H21N5O4/c1-10-4-2-6-19(9-10)12-8-11(16-5-3-7-21)15(20(22)23)14-13(12)17-24-18-14/h8,10,16,21H,2-7,9H2,1H3/t10-/m0/s1. The van der Waals surface area contributed by atoms with Crippen LogP contribution in [0.25, 0.3) is 11.0 Å². The number of aliphatic hydroxyl groups is 1. The van der Waals surface area contributed by atoms with Crippen LogP contribution in [0.5, 0.6) is 0 Å². The molecule has 1 atom stereocenters. The first-order chi connectivity index (χ1) is 11.6. The van der Waals surface area contributed by atoms with Gasteiger partial charge in [0, 0.05) is 26.2 Å². The molecule has 0 aliphatic carbocycles. The van der Waals surface area contributed by atoms with E-state index < -0.39 is 4.92 Å². The molecule has 2 aromatic rings. The van der Waals surface area contributed by atoms with Gasteiger partial charge < -0.3 is 15.3 Å². The Morgan fingerprint density at radius 2 is 2.29 bits per heavy atom. The largest absolute Gasteiger partial charge is 0.396 e. The van der Waals surface area contributed by atoms with Crippen LogP contribution in [0.4, 0.5) is 17.1 Å². The Kier molecular flexibility index (Phi) is 4.79. The molecule has 0 bridgehead atoms. The zero-order valence-electron chi connectivity index (χ0n) is 13.6. The number of aliphatic hydroxyl groups excluding tert-OH is 1. The number of nitro groups is 1. The molecule has 9 nitrogen and oxygen atoms in total. The van der Waals surface area contributed by atoms with Crippen molar-refractivity contribution in [3.63, 3.8) is 0 Å². The summed E-state index contributed by atoms with van der Waals surface area (Å²) < 4.78 is 4.80. The SMILES string of the molecule is C[C@H]1CCCN(c2cc(NCCCO)c([N+](=O)[O-])c3nonc23)C1. The van der Waals surface area contributed by atoms with Gasteiger partial charge in [-0.2, -0.15) is 0 Å². The molecule has 24 heavy (non-hydrogen) atoms. The molecule has 1 saturated heterocycles. The molecule has 9 heteroatoms. The van der Waals surface area contributed by atoms with Crippen LogP contribution in [0.3, 0.4) is 0 Å².